The van der Waals surface area contributed by atoms with Crippen molar-refractivity contribution in [2.24, 2.45) is 11.8 Å². The Balaban J connectivity index is 2.35. The third kappa shape index (κ3) is 0.592. The molecule has 0 aromatic carbocycles. The average molecular weight is 120 g/mol. The molecule has 0 fully saturated rings. The highest BCUT2D eigenvalue weighted by molar-refractivity contribution is 5.40. The lowest BCUT2D eigenvalue weighted by Crippen LogP contribution is -2.01. The minimum Gasteiger partial charge on any atom is -0.0738 e. The summed E-state index contributed by atoms with van der Waals surface area (Å²) in [4.78, 5) is 0. The Bertz CT molecular complexity index is 196. The SMILES string of the molecule is CC1=CC2=CC1CC2C. The lowest BCUT2D eigenvalue weighted by Gasteiger charge is -2.14. The van der Waals surface area contributed by atoms with Crippen molar-refractivity contribution in [1.29, 1.82) is 0 Å². The van der Waals surface area contributed by atoms with Gasteiger partial charge in [-0.1, -0.05) is 24.6 Å². The molecule has 0 saturated heterocycles. The maximum absolute atomic E-state index is 2.42. The third-order valence-electron chi connectivity index (χ3n) is 2.55. The smallest absolute Gasteiger partial charge is 0.00112 e. The summed E-state index contributed by atoms with van der Waals surface area (Å²) in [7, 11) is 0. The summed E-state index contributed by atoms with van der Waals surface area (Å²) in [6.45, 7) is 4.55. The van der Waals surface area contributed by atoms with Gasteiger partial charge in [0.05, 0.1) is 0 Å². The molecule has 2 rings (SSSR count). The first-order chi connectivity index (χ1) is 4.27. The average Bonchev–Trinajstić information content (AvgIpc) is 2.24. The second kappa shape index (κ2) is 1.50. The molecule has 0 aromatic heterocycles. The minimum absolute atomic E-state index is 0.815. The fraction of sp³-hybridized carbons (Fsp3) is 0.556. The molecule has 2 aliphatic rings. The number of fused-ring (bicyclic) bond motifs is 1. The van der Waals surface area contributed by atoms with Crippen molar-refractivity contribution in [3.63, 3.8) is 0 Å². The highest BCUT2D eigenvalue weighted by Crippen LogP contribution is 2.41. The van der Waals surface area contributed by atoms with Crippen LogP contribution >= 0.6 is 0 Å². The van der Waals surface area contributed by atoms with Crippen molar-refractivity contribution in [2.45, 2.75) is 20.3 Å². The topological polar surface area (TPSA) is 0 Å². The maximum atomic E-state index is 2.42. The number of hydrogen-bond acceptors (Lipinski definition) is 0. The summed E-state index contributed by atoms with van der Waals surface area (Å²) < 4.78 is 0. The molecule has 9 heavy (non-hydrogen) atoms. The van der Waals surface area contributed by atoms with Crippen LogP contribution in [0.15, 0.2) is 23.3 Å². The molecule has 0 aliphatic heterocycles. The zero-order valence-electron chi connectivity index (χ0n) is 6.02. The lowest BCUT2D eigenvalue weighted by atomic mass is 9.91. The Labute approximate surface area is 56.3 Å². The van der Waals surface area contributed by atoms with E-state index in [1.165, 1.54) is 6.42 Å². The van der Waals surface area contributed by atoms with Crippen molar-refractivity contribution >= 4 is 0 Å². The van der Waals surface area contributed by atoms with Crippen LogP contribution in [0.5, 0.6) is 0 Å². The van der Waals surface area contributed by atoms with E-state index >= 15 is 0 Å². The fourth-order valence-corrected chi connectivity index (χ4v) is 1.86. The van der Waals surface area contributed by atoms with Gasteiger partial charge in [0.2, 0.25) is 0 Å². The van der Waals surface area contributed by atoms with Crippen LogP contribution in [0, 0.1) is 11.8 Å². The van der Waals surface area contributed by atoms with Crippen LogP contribution in [0.3, 0.4) is 0 Å². The zero-order chi connectivity index (χ0) is 6.43. The van der Waals surface area contributed by atoms with Gasteiger partial charge in [0.15, 0.2) is 0 Å². The van der Waals surface area contributed by atoms with Crippen LogP contribution in [0.4, 0.5) is 0 Å². The largest absolute Gasteiger partial charge is 0.0738 e. The van der Waals surface area contributed by atoms with Crippen LogP contribution in [0.1, 0.15) is 20.3 Å². The van der Waals surface area contributed by atoms with Gasteiger partial charge < -0.3 is 0 Å². The Morgan fingerprint density at radius 1 is 1.56 bits per heavy atom. The molecule has 0 N–H and O–H groups in total. The predicted octanol–water partition coefficient (Wildman–Crippen LogP) is 2.53. The number of rotatable bonds is 0. The molecule has 0 amide bonds. The van der Waals surface area contributed by atoms with E-state index in [1.54, 1.807) is 11.1 Å². The summed E-state index contributed by atoms with van der Waals surface area (Å²) >= 11 is 0. The Morgan fingerprint density at radius 3 is 2.67 bits per heavy atom. The first kappa shape index (κ1) is 5.28. The Kier molecular flexibility index (Phi) is 0.879. The van der Waals surface area contributed by atoms with E-state index in [9.17, 15) is 0 Å². The lowest BCUT2D eigenvalue weighted by molar-refractivity contribution is 0.580. The van der Waals surface area contributed by atoms with Gasteiger partial charge in [-0.05, 0) is 30.8 Å². The minimum atomic E-state index is 0.815. The van der Waals surface area contributed by atoms with Crippen molar-refractivity contribution in [1.82, 2.24) is 0 Å². The first-order valence-corrected chi connectivity index (χ1v) is 3.67. The molecular formula is C9H12. The standard InChI is InChI=1S/C9H12/c1-6-3-9-5-8(6)4-7(9)2/h3,5,7-8H,4H2,1-2H3. The van der Waals surface area contributed by atoms with Crippen LogP contribution in [-0.2, 0) is 0 Å². The predicted molar refractivity (Wildman–Crippen MR) is 39.1 cm³/mol. The second-order valence-electron chi connectivity index (χ2n) is 3.30. The Morgan fingerprint density at radius 2 is 2.33 bits per heavy atom. The van der Waals surface area contributed by atoms with Gasteiger partial charge in [-0.3, -0.25) is 0 Å². The highest BCUT2D eigenvalue weighted by Gasteiger charge is 2.27. The van der Waals surface area contributed by atoms with E-state index in [0.717, 1.165) is 11.8 Å². The van der Waals surface area contributed by atoms with Gasteiger partial charge in [0, 0.05) is 0 Å². The van der Waals surface area contributed by atoms with Crippen LogP contribution < -0.4 is 0 Å². The molecule has 0 heterocycles. The fourth-order valence-electron chi connectivity index (χ4n) is 1.86. The summed E-state index contributed by atoms with van der Waals surface area (Å²) in [5.74, 6) is 1.66. The van der Waals surface area contributed by atoms with Gasteiger partial charge in [-0.2, -0.15) is 0 Å². The van der Waals surface area contributed by atoms with E-state index in [2.05, 4.69) is 26.0 Å². The summed E-state index contributed by atoms with van der Waals surface area (Å²) in [6.07, 6.45) is 6.14. The van der Waals surface area contributed by atoms with Crippen molar-refractivity contribution in [2.75, 3.05) is 0 Å². The molecule has 2 unspecified atom stereocenters. The van der Waals surface area contributed by atoms with Gasteiger partial charge in [-0.25, -0.2) is 0 Å². The van der Waals surface area contributed by atoms with Gasteiger partial charge in [0.1, 0.15) is 0 Å². The van der Waals surface area contributed by atoms with Crippen molar-refractivity contribution in [3.8, 4) is 0 Å². The first-order valence-electron chi connectivity index (χ1n) is 3.67. The molecule has 0 spiro atoms. The summed E-state index contributed by atoms with van der Waals surface area (Å²) in [6, 6.07) is 0. The maximum Gasteiger partial charge on any atom is -0.00112 e. The molecule has 2 bridgehead atoms. The molecule has 2 aliphatic carbocycles. The molecule has 0 nitrogen and oxygen atoms in total. The van der Waals surface area contributed by atoms with Gasteiger partial charge in [0.25, 0.3) is 0 Å². The quantitative estimate of drug-likeness (QED) is 0.461. The molecular weight excluding hydrogens is 108 g/mol. The van der Waals surface area contributed by atoms with E-state index in [1.807, 2.05) is 0 Å². The molecule has 0 saturated carbocycles. The summed E-state index contributed by atoms with van der Waals surface area (Å²) in [5.41, 5.74) is 3.15. The normalized spacial score (nSPS) is 38.9. The second-order valence-corrected chi connectivity index (χ2v) is 3.30. The number of hydrogen-bond donors (Lipinski definition) is 0. The van der Waals surface area contributed by atoms with Crippen LogP contribution in [0.2, 0.25) is 0 Å². The van der Waals surface area contributed by atoms with Crippen molar-refractivity contribution in [3.05, 3.63) is 23.3 Å². The van der Waals surface area contributed by atoms with E-state index in [4.69, 9.17) is 0 Å². The number of allylic oxidation sites excluding steroid dienone is 4. The van der Waals surface area contributed by atoms with Gasteiger partial charge >= 0.3 is 0 Å². The molecule has 48 valence electrons. The van der Waals surface area contributed by atoms with E-state index in [-0.39, 0.29) is 0 Å². The van der Waals surface area contributed by atoms with Crippen LogP contribution in [-0.4, -0.2) is 0 Å². The molecule has 0 radical (unpaired) electrons. The third-order valence-corrected chi connectivity index (χ3v) is 2.55. The molecule has 2 atom stereocenters. The monoisotopic (exact) mass is 120 g/mol. The highest BCUT2D eigenvalue weighted by atomic mass is 14.3. The van der Waals surface area contributed by atoms with Crippen LogP contribution in [0.25, 0.3) is 0 Å². The van der Waals surface area contributed by atoms with E-state index in [0.29, 0.717) is 0 Å². The Hall–Kier alpha value is -0.520. The van der Waals surface area contributed by atoms with Crippen molar-refractivity contribution < 1.29 is 0 Å². The summed E-state index contributed by atoms with van der Waals surface area (Å²) in [5, 5.41) is 0. The molecule has 0 heteroatoms. The van der Waals surface area contributed by atoms with E-state index < -0.39 is 0 Å². The molecule has 0 aromatic rings. The van der Waals surface area contributed by atoms with Gasteiger partial charge in [-0.15, -0.1) is 0 Å². The zero-order valence-corrected chi connectivity index (χ0v) is 6.02.